The van der Waals surface area contributed by atoms with Crippen molar-refractivity contribution in [3.05, 3.63) is 76.6 Å². The molecule has 0 radical (unpaired) electrons. The topological polar surface area (TPSA) is 58.2 Å². The Balaban J connectivity index is 1.95. The Labute approximate surface area is 143 Å². The van der Waals surface area contributed by atoms with E-state index in [2.05, 4.69) is 10.6 Å². The standard InChI is InChI=1S/C18H13FN2O2S/c19-14-7-3-4-11(9-14)8-12-5-1-2-6-13(12)10-15-16(22)20-18(24)21-17(15)23/h1-7,9-10H,8H2,(H2,20,21,22,23,24). The van der Waals surface area contributed by atoms with Crippen LogP contribution in [0, 0.1) is 5.82 Å². The zero-order valence-electron chi connectivity index (χ0n) is 12.5. The summed E-state index contributed by atoms with van der Waals surface area (Å²) in [5.41, 5.74) is 2.38. The molecule has 120 valence electrons. The summed E-state index contributed by atoms with van der Waals surface area (Å²) in [5.74, 6) is -1.38. The van der Waals surface area contributed by atoms with Gasteiger partial charge in [-0.2, -0.15) is 0 Å². The third-order valence-electron chi connectivity index (χ3n) is 3.58. The largest absolute Gasteiger partial charge is 0.299 e. The van der Waals surface area contributed by atoms with Gasteiger partial charge >= 0.3 is 0 Å². The fourth-order valence-electron chi connectivity index (χ4n) is 2.46. The minimum atomic E-state index is -0.538. The molecular weight excluding hydrogens is 327 g/mol. The molecule has 1 heterocycles. The van der Waals surface area contributed by atoms with Crippen LogP contribution in [-0.2, 0) is 16.0 Å². The number of thiocarbonyl (C=S) groups is 1. The van der Waals surface area contributed by atoms with Gasteiger partial charge in [0.15, 0.2) is 5.11 Å². The van der Waals surface area contributed by atoms with Gasteiger partial charge in [0.25, 0.3) is 11.8 Å². The Kier molecular flexibility index (Phi) is 4.48. The van der Waals surface area contributed by atoms with Crippen LogP contribution in [0.5, 0.6) is 0 Å². The van der Waals surface area contributed by atoms with Gasteiger partial charge in [0, 0.05) is 0 Å². The summed E-state index contributed by atoms with van der Waals surface area (Å²) in [6.45, 7) is 0. The summed E-state index contributed by atoms with van der Waals surface area (Å²) < 4.78 is 13.4. The van der Waals surface area contributed by atoms with Crippen molar-refractivity contribution in [2.24, 2.45) is 0 Å². The van der Waals surface area contributed by atoms with E-state index in [4.69, 9.17) is 12.2 Å². The highest BCUT2D eigenvalue weighted by Gasteiger charge is 2.25. The lowest BCUT2D eigenvalue weighted by molar-refractivity contribution is -0.123. The molecule has 3 rings (SSSR count). The summed E-state index contributed by atoms with van der Waals surface area (Å²) in [7, 11) is 0. The van der Waals surface area contributed by atoms with Crippen molar-refractivity contribution in [2.75, 3.05) is 0 Å². The Morgan fingerprint density at radius 3 is 2.42 bits per heavy atom. The molecule has 0 bridgehead atoms. The van der Waals surface area contributed by atoms with Crippen molar-refractivity contribution < 1.29 is 14.0 Å². The number of amides is 2. The van der Waals surface area contributed by atoms with Crippen LogP contribution in [0.4, 0.5) is 4.39 Å². The first kappa shape index (κ1) is 16.0. The molecule has 1 aliphatic rings. The molecule has 2 aromatic carbocycles. The number of hydrogen-bond acceptors (Lipinski definition) is 3. The van der Waals surface area contributed by atoms with Crippen LogP contribution < -0.4 is 10.6 Å². The van der Waals surface area contributed by atoms with Crippen molar-refractivity contribution in [1.82, 2.24) is 10.6 Å². The molecule has 1 fully saturated rings. The molecule has 1 saturated heterocycles. The molecule has 0 saturated carbocycles. The first-order valence-corrected chi connectivity index (χ1v) is 7.64. The predicted molar refractivity (Wildman–Crippen MR) is 92.5 cm³/mol. The molecule has 1 aliphatic heterocycles. The van der Waals surface area contributed by atoms with E-state index in [1.165, 1.54) is 18.2 Å². The van der Waals surface area contributed by atoms with E-state index in [9.17, 15) is 14.0 Å². The summed E-state index contributed by atoms with van der Waals surface area (Å²) in [6.07, 6.45) is 2.00. The van der Waals surface area contributed by atoms with Crippen LogP contribution in [0.2, 0.25) is 0 Å². The van der Waals surface area contributed by atoms with Crippen LogP contribution in [0.25, 0.3) is 6.08 Å². The number of benzene rings is 2. The fourth-order valence-corrected chi connectivity index (χ4v) is 2.65. The summed E-state index contributed by atoms with van der Waals surface area (Å²) >= 11 is 4.78. The first-order valence-electron chi connectivity index (χ1n) is 7.23. The first-order chi connectivity index (χ1) is 11.5. The Hall–Kier alpha value is -2.86. The second-order valence-electron chi connectivity index (χ2n) is 5.30. The van der Waals surface area contributed by atoms with Crippen LogP contribution in [-0.4, -0.2) is 16.9 Å². The third kappa shape index (κ3) is 3.55. The zero-order chi connectivity index (χ0) is 17.1. The number of hydrogen-bond donors (Lipinski definition) is 2. The highest BCUT2D eigenvalue weighted by atomic mass is 32.1. The molecular formula is C18H13FN2O2S. The van der Waals surface area contributed by atoms with Gasteiger partial charge in [-0.15, -0.1) is 0 Å². The van der Waals surface area contributed by atoms with E-state index >= 15 is 0 Å². The molecule has 0 spiro atoms. The third-order valence-corrected chi connectivity index (χ3v) is 3.79. The number of carbonyl (C=O) groups is 2. The number of halogens is 1. The zero-order valence-corrected chi connectivity index (χ0v) is 13.3. The number of rotatable bonds is 3. The average Bonchev–Trinajstić information content (AvgIpc) is 2.52. The molecule has 4 nitrogen and oxygen atoms in total. The summed E-state index contributed by atoms with van der Waals surface area (Å²) in [5, 5.41) is 4.79. The molecule has 0 aromatic heterocycles. The SMILES string of the molecule is O=C1NC(=S)NC(=O)C1=Cc1ccccc1Cc1cccc(F)c1. The lowest BCUT2D eigenvalue weighted by atomic mass is 9.97. The van der Waals surface area contributed by atoms with Gasteiger partial charge in [-0.1, -0.05) is 36.4 Å². The lowest BCUT2D eigenvalue weighted by Gasteiger charge is -2.17. The molecule has 2 amide bonds. The van der Waals surface area contributed by atoms with Crippen molar-refractivity contribution in [3.63, 3.8) is 0 Å². The minimum Gasteiger partial charge on any atom is -0.299 e. The Bertz CT molecular complexity index is 855. The average molecular weight is 340 g/mol. The molecule has 2 aromatic rings. The number of nitrogens with one attached hydrogen (secondary N) is 2. The van der Waals surface area contributed by atoms with E-state index in [0.29, 0.717) is 6.42 Å². The molecule has 24 heavy (non-hydrogen) atoms. The second kappa shape index (κ2) is 6.72. The molecule has 0 unspecified atom stereocenters. The number of carbonyl (C=O) groups excluding carboxylic acids is 2. The van der Waals surface area contributed by atoms with Crippen LogP contribution in [0.1, 0.15) is 16.7 Å². The van der Waals surface area contributed by atoms with Crippen LogP contribution >= 0.6 is 12.2 Å². The lowest BCUT2D eigenvalue weighted by Crippen LogP contribution is -2.51. The highest BCUT2D eigenvalue weighted by molar-refractivity contribution is 7.80. The van der Waals surface area contributed by atoms with Crippen molar-refractivity contribution in [2.45, 2.75) is 6.42 Å². The molecule has 0 atom stereocenters. The van der Waals surface area contributed by atoms with Gasteiger partial charge in [0.05, 0.1) is 0 Å². The molecule has 0 aliphatic carbocycles. The fraction of sp³-hybridized carbons (Fsp3) is 0.0556. The monoisotopic (exact) mass is 340 g/mol. The van der Waals surface area contributed by atoms with Crippen LogP contribution in [0.15, 0.2) is 54.1 Å². The van der Waals surface area contributed by atoms with E-state index < -0.39 is 11.8 Å². The van der Waals surface area contributed by atoms with E-state index in [0.717, 1.165) is 16.7 Å². The van der Waals surface area contributed by atoms with Gasteiger partial charge in [-0.05, 0) is 53.5 Å². The van der Waals surface area contributed by atoms with Crippen LogP contribution in [0.3, 0.4) is 0 Å². The molecule has 6 heteroatoms. The minimum absolute atomic E-state index is 0.00445. The second-order valence-corrected chi connectivity index (χ2v) is 5.71. The normalized spacial score (nSPS) is 14.2. The maximum absolute atomic E-state index is 13.4. The predicted octanol–water partition coefficient (Wildman–Crippen LogP) is 2.33. The maximum atomic E-state index is 13.4. The van der Waals surface area contributed by atoms with E-state index in [-0.39, 0.29) is 16.5 Å². The van der Waals surface area contributed by atoms with Crippen molar-refractivity contribution in [1.29, 1.82) is 0 Å². The quantitative estimate of drug-likeness (QED) is 0.512. The van der Waals surface area contributed by atoms with E-state index in [1.54, 1.807) is 12.1 Å². The van der Waals surface area contributed by atoms with Gasteiger partial charge in [-0.25, -0.2) is 4.39 Å². The van der Waals surface area contributed by atoms with Crippen molar-refractivity contribution >= 4 is 35.2 Å². The Morgan fingerprint density at radius 2 is 1.71 bits per heavy atom. The van der Waals surface area contributed by atoms with Crippen molar-refractivity contribution in [3.8, 4) is 0 Å². The van der Waals surface area contributed by atoms with Gasteiger partial charge in [0.2, 0.25) is 0 Å². The van der Waals surface area contributed by atoms with Gasteiger partial charge < -0.3 is 0 Å². The maximum Gasteiger partial charge on any atom is 0.263 e. The van der Waals surface area contributed by atoms with Gasteiger partial charge in [0.1, 0.15) is 11.4 Å². The molecule has 2 N–H and O–H groups in total. The Morgan fingerprint density at radius 1 is 1.00 bits per heavy atom. The smallest absolute Gasteiger partial charge is 0.263 e. The van der Waals surface area contributed by atoms with E-state index in [1.807, 2.05) is 24.3 Å². The highest BCUT2D eigenvalue weighted by Crippen LogP contribution is 2.19. The summed E-state index contributed by atoms with van der Waals surface area (Å²) in [6, 6.07) is 13.7. The van der Waals surface area contributed by atoms with Gasteiger partial charge in [-0.3, -0.25) is 20.2 Å². The summed E-state index contributed by atoms with van der Waals surface area (Å²) in [4.78, 5) is 23.9.